The van der Waals surface area contributed by atoms with Gasteiger partial charge in [0.1, 0.15) is 0 Å². The average molecular weight is 347 g/mol. The van der Waals surface area contributed by atoms with Crippen LogP contribution >= 0.6 is 12.4 Å². The minimum absolute atomic E-state index is 0. The van der Waals surface area contributed by atoms with E-state index in [1.807, 2.05) is 36.4 Å². The predicted octanol–water partition coefficient (Wildman–Crippen LogP) is 3.02. The maximum atomic E-state index is 12.3. The zero-order valence-corrected chi connectivity index (χ0v) is 14.4. The zero-order chi connectivity index (χ0) is 15.9. The Morgan fingerprint density at radius 3 is 2.62 bits per heavy atom. The second-order valence-corrected chi connectivity index (χ2v) is 5.80. The number of halogens is 1. The molecule has 0 radical (unpaired) electrons. The Hall–Kier alpha value is -1.88. The summed E-state index contributed by atoms with van der Waals surface area (Å²) >= 11 is 0. The van der Waals surface area contributed by atoms with Crippen LogP contribution in [0.1, 0.15) is 17.5 Å². The summed E-state index contributed by atoms with van der Waals surface area (Å²) in [5, 5.41) is 6.35. The molecule has 2 N–H and O–H groups in total. The van der Waals surface area contributed by atoms with Crippen molar-refractivity contribution in [2.75, 3.05) is 25.1 Å². The van der Waals surface area contributed by atoms with Gasteiger partial charge in [0.2, 0.25) is 5.91 Å². The van der Waals surface area contributed by atoms with Gasteiger partial charge in [-0.25, -0.2) is 0 Å². The van der Waals surface area contributed by atoms with Gasteiger partial charge in [0.05, 0.1) is 13.2 Å². The molecule has 1 fully saturated rings. The number of hydrogen-bond donors (Lipinski definition) is 2. The SMILES string of the molecule is Cl.O=C(CC1COCCN1)Nc1ccccc1Cc1ccccc1. The van der Waals surface area contributed by atoms with Gasteiger partial charge in [0.15, 0.2) is 0 Å². The Kier molecular flexibility index (Phi) is 7.25. The van der Waals surface area contributed by atoms with Crippen molar-refractivity contribution in [1.29, 1.82) is 0 Å². The summed E-state index contributed by atoms with van der Waals surface area (Å²) in [6.07, 6.45) is 1.24. The monoisotopic (exact) mass is 346 g/mol. The summed E-state index contributed by atoms with van der Waals surface area (Å²) < 4.78 is 5.39. The number of carbonyl (C=O) groups excluding carboxylic acids is 1. The van der Waals surface area contributed by atoms with Gasteiger partial charge in [0, 0.05) is 24.7 Å². The van der Waals surface area contributed by atoms with E-state index in [1.165, 1.54) is 5.56 Å². The van der Waals surface area contributed by atoms with E-state index in [4.69, 9.17) is 4.74 Å². The van der Waals surface area contributed by atoms with Gasteiger partial charge >= 0.3 is 0 Å². The third-order valence-corrected chi connectivity index (χ3v) is 3.96. The van der Waals surface area contributed by atoms with Crippen LogP contribution in [0.4, 0.5) is 5.69 Å². The molecule has 24 heavy (non-hydrogen) atoms. The summed E-state index contributed by atoms with van der Waals surface area (Å²) in [6, 6.07) is 18.4. The van der Waals surface area contributed by atoms with Crippen molar-refractivity contribution < 1.29 is 9.53 Å². The first kappa shape index (κ1) is 18.5. The molecule has 1 saturated heterocycles. The van der Waals surface area contributed by atoms with E-state index in [1.54, 1.807) is 0 Å². The minimum atomic E-state index is 0. The minimum Gasteiger partial charge on any atom is -0.378 e. The molecule has 1 atom stereocenters. The first-order valence-electron chi connectivity index (χ1n) is 8.04. The molecule has 1 unspecified atom stereocenters. The zero-order valence-electron chi connectivity index (χ0n) is 13.5. The normalized spacial score (nSPS) is 16.9. The molecule has 1 aliphatic heterocycles. The number of hydrogen-bond acceptors (Lipinski definition) is 3. The standard InChI is InChI=1S/C19H22N2O2.ClH/c22-19(13-17-14-23-11-10-20-17)21-18-9-5-4-8-16(18)12-15-6-2-1-3-7-15;/h1-9,17,20H,10-14H2,(H,21,22);1H. The molecular weight excluding hydrogens is 324 g/mol. The summed E-state index contributed by atoms with van der Waals surface area (Å²) in [5.74, 6) is 0.0218. The molecule has 1 amide bonds. The first-order chi connectivity index (χ1) is 11.3. The van der Waals surface area contributed by atoms with Crippen molar-refractivity contribution in [3.8, 4) is 0 Å². The van der Waals surface area contributed by atoms with E-state index in [-0.39, 0.29) is 24.4 Å². The number of benzene rings is 2. The highest BCUT2D eigenvalue weighted by Crippen LogP contribution is 2.19. The van der Waals surface area contributed by atoms with Gasteiger partial charge in [-0.3, -0.25) is 4.79 Å². The van der Waals surface area contributed by atoms with Gasteiger partial charge in [0.25, 0.3) is 0 Å². The van der Waals surface area contributed by atoms with Crippen LogP contribution in [0.15, 0.2) is 54.6 Å². The summed E-state index contributed by atoms with van der Waals surface area (Å²) in [4.78, 5) is 12.3. The van der Waals surface area contributed by atoms with Crippen molar-refractivity contribution in [2.45, 2.75) is 18.9 Å². The molecule has 0 aliphatic carbocycles. The lowest BCUT2D eigenvalue weighted by molar-refractivity contribution is -0.117. The van der Waals surface area contributed by atoms with Gasteiger partial charge in [-0.2, -0.15) is 0 Å². The maximum absolute atomic E-state index is 12.3. The van der Waals surface area contributed by atoms with Crippen LogP contribution in [0.3, 0.4) is 0 Å². The van der Waals surface area contributed by atoms with Crippen LogP contribution in [0.5, 0.6) is 0 Å². The van der Waals surface area contributed by atoms with E-state index in [0.29, 0.717) is 13.0 Å². The predicted molar refractivity (Wildman–Crippen MR) is 98.8 cm³/mol. The highest BCUT2D eigenvalue weighted by molar-refractivity contribution is 5.92. The summed E-state index contributed by atoms with van der Waals surface area (Å²) in [7, 11) is 0. The molecule has 5 heteroatoms. The Bertz CT molecular complexity index is 643. The van der Waals surface area contributed by atoms with Crippen molar-refractivity contribution in [3.63, 3.8) is 0 Å². The van der Waals surface area contributed by atoms with Crippen LogP contribution in [0, 0.1) is 0 Å². The van der Waals surface area contributed by atoms with Gasteiger partial charge < -0.3 is 15.4 Å². The van der Waals surface area contributed by atoms with Crippen LogP contribution in [0.2, 0.25) is 0 Å². The topological polar surface area (TPSA) is 50.4 Å². The van der Waals surface area contributed by atoms with Crippen molar-refractivity contribution in [3.05, 3.63) is 65.7 Å². The maximum Gasteiger partial charge on any atom is 0.226 e. The lowest BCUT2D eigenvalue weighted by Gasteiger charge is -2.23. The third-order valence-electron chi connectivity index (χ3n) is 3.96. The smallest absolute Gasteiger partial charge is 0.226 e. The molecule has 3 rings (SSSR count). The molecule has 2 aromatic rings. The first-order valence-corrected chi connectivity index (χ1v) is 8.04. The number of morpholine rings is 1. The average Bonchev–Trinajstić information content (AvgIpc) is 2.58. The Labute approximate surface area is 149 Å². The van der Waals surface area contributed by atoms with Gasteiger partial charge in [-0.15, -0.1) is 12.4 Å². The molecule has 0 saturated carbocycles. The lowest BCUT2D eigenvalue weighted by Crippen LogP contribution is -2.43. The fraction of sp³-hybridized carbons (Fsp3) is 0.316. The van der Waals surface area contributed by atoms with Gasteiger partial charge in [-0.05, 0) is 23.6 Å². The second-order valence-electron chi connectivity index (χ2n) is 5.80. The van der Waals surface area contributed by atoms with Crippen LogP contribution in [-0.4, -0.2) is 31.7 Å². The summed E-state index contributed by atoms with van der Waals surface area (Å²) in [5.41, 5.74) is 3.24. The van der Waals surface area contributed by atoms with Gasteiger partial charge in [-0.1, -0.05) is 48.5 Å². The quantitative estimate of drug-likeness (QED) is 0.875. The van der Waals surface area contributed by atoms with Crippen LogP contribution in [-0.2, 0) is 16.0 Å². The van der Waals surface area contributed by atoms with E-state index in [2.05, 4.69) is 28.8 Å². The molecule has 0 bridgehead atoms. The lowest BCUT2D eigenvalue weighted by atomic mass is 10.0. The van der Waals surface area contributed by atoms with E-state index < -0.39 is 0 Å². The molecule has 128 valence electrons. The molecule has 1 aliphatic rings. The molecular formula is C19H23ClN2O2. The molecule has 2 aromatic carbocycles. The number of para-hydroxylation sites is 1. The van der Waals surface area contributed by atoms with Crippen LogP contribution < -0.4 is 10.6 Å². The Morgan fingerprint density at radius 2 is 1.88 bits per heavy atom. The fourth-order valence-corrected chi connectivity index (χ4v) is 2.79. The summed E-state index contributed by atoms with van der Waals surface area (Å²) in [6.45, 7) is 2.12. The highest BCUT2D eigenvalue weighted by Gasteiger charge is 2.17. The molecule has 4 nitrogen and oxygen atoms in total. The Balaban J connectivity index is 0.00000208. The fourth-order valence-electron chi connectivity index (χ4n) is 2.79. The molecule has 0 aromatic heterocycles. The van der Waals surface area contributed by atoms with Crippen molar-refractivity contribution in [2.24, 2.45) is 0 Å². The molecule has 0 spiro atoms. The number of ether oxygens (including phenoxy) is 1. The number of carbonyl (C=O) groups is 1. The van der Waals surface area contributed by atoms with Crippen molar-refractivity contribution in [1.82, 2.24) is 5.32 Å². The number of anilines is 1. The van der Waals surface area contributed by atoms with E-state index >= 15 is 0 Å². The van der Waals surface area contributed by atoms with E-state index in [9.17, 15) is 4.79 Å². The largest absolute Gasteiger partial charge is 0.378 e. The third kappa shape index (κ3) is 5.34. The number of rotatable bonds is 5. The Morgan fingerprint density at radius 1 is 1.12 bits per heavy atom. The van der Waals surface area contributed by atoms with E-state index in [0.717, 1.165) is 30.8 Å². The highest BCUT2D eigenvalue weighted by atomic mass is 35.5. The number of nitrogens with one attached hydrogen (secondary N) is 2. The molecule has 1 heterocycles. The second kappa shape index (κ2) is 9.42. The van der Waals surface area contributed by atoms with Crippen molar-refractivity contribution >= 4 is 24.0 Å². The van der Waals surface area contributed by atoms with Crippen LogP contribution in [0.25, 0.3) is 0 Å². The number of amides is 1.